The van der Waals surface area contributed by atoms with E-state index in [1.54, 1.807) is 4.90 Å². The number of hydrogen-bond acceptors (Lipinski definition) is 3. The van der Waals surface area contributed by atoms with Gasteiger partial charge in [-0.25, -0.2) is 4.79 Å². The van der Waals surface area contributed by atoms with Crippen molar-refractivity contribution in [3.63, 3.8) is 0 Å². The van der Waals surface area contributed by atoms with Gasteiger partial charge in [-0.3, -0.25) is 4.79 Å². The second kappa shape index (κ2) is 5.62. The first kappa shape index (κ1) is 15.1. The molecule has 1 amide bonds. The second-order valence-corrected chi connectivity index (χ2v) is 7.18. The predicted molar refractivity (Wildman–Crippen MR) is 74.4 cm³/mol. The van der Waals surface area contributed by atoms with Gasteiger partial charge in [0.25, 0.3) is 0 Å². The Hall–Kier alpha value is -1.26. The first-order valence-electron chi connectivity index (χ1n) is 7.44. The van der Waals surface area contributed by atoms with E-state index in [1.807, 2.05) is 20.8 Å². The molecule has 1 N–H and O–H groups in total. The summed E-state index contributed by atoms with van der Waals surface area (Å²) >= 11 is 0. The lowest BCUT2D eigenvalue weighted by Gasteiger charge is -2.29. The zero-order valence-corrected chi connectivity index (χ0v) is 12.6. The molecular formula is C15H25NO4. The number of carbonyl (C=O) groups is 2. The molecule has 0 radical (unpaired) electrons. The van der Waals surface area contributed by atoms with Crippen molar-refractivity contribution in [1.29, 1.82) is 0 Å². The van der Waals surface area contributed by atoms with Crippen LogP contribution in [0.5, 0.6) is 0 Å². The molecule has 1 saturated heterocycles. The van der Waals surface area contributed by atoms with Crippen molar-refractivity contribution in [3.05, 3.63) is 0 Å². The number of ether oxygens (including phenoxy) is 1. The van der Waals surface area contributed by atoms with Crippen molar-refractivity contribution in [2.75, 3.05) is 13.1 Å². The molecule has 2 rings (SSSR count). The molecule has 5 nitrogen and oxygen atoms in total. The highest BCUT2D eigenvalue weighted by molar-refractivity contribution is 5.68. The molecule has 0 spiro atoms. The van der Waals surface area contributed by atoms with Crippen molar-refractivity contribution in [1.82, 2.24) is 4.90 Å². The summed E-state index contributed by atoms with van der Waals surface area (Å²) in [6, 6.07) is 0. The predicted octanol–water partition coefficient (Wildman–Crippen LogP) is 2.74. The van der Waals surface area contributed by atoms with E-state index in [0.717, 1.165) is 32.4 Å². The molecule has 0 aromatic heterocycles. The number of carboxylic acid groups (broad SMARTS) is 1. The maximum absolute atomic E-state index is 12.1. The molecule has 0 aromatic rings. The third kappa shape index (κ3) is 3.87. The van der Waals surface area contributed by atoms with Gasteiger partial charge < -0.3 is 14.7 Å². The Morgan fingerprint density at radius 2 is 1.85 bits per heavy atom. The molecule has 0 aromatic carbocycles. The zero-order valence-electron chi connectivity index (χ0n) is 12.6. The summed E-state index contributed by atoms with van der Waals surface area (Å²) in [7, 11) is 0. The molecule has 2 aliphatic rings. The van der Waals surface area contributed by atoms with Crippen molar-refractivity contribution in [2.45, 2.75) is 52.1 Å². The van der Waals surface area contributed by atoms with Gasteiger partial charge >= 0.3 is 12.1 Å². The lowest BCUT2D eigenvalue weighted by atomic mass is 9.75. The highest BCUT2D eigenvalue weighted by Crippen LogP contribution is 2.40. The number of aliphatic carboxylic acids is 1. The minimum atomic E-state index is -0.713. The van der Waals surface area contributed by atoms with Gasteiger partial charge in [0.1, 0.15) is 5.60 Å². The van der Waals surface area contributed by atoms with E-state index in [9.17, 15) is 9.59 Å². The Balaban J connectivity index is 1.88. The number of carbonyl (C=O) groups excluding carboxylic acids is 1. The number of fused-ring (bicyclic) bond motifs is 1. The largest absolute Gasteiger partial charge is 0.481 e. The highest BCUT2D eigenvalue weighted by atomic mass is 16.6. The molecule has 1 aliphatic carbocycles. The molecule has 3 unspecified atom stereocenters. The van der Waals surface area contributed by atoms with E-state index in [0.29, 0.717) is 11.8 Å². The van der Waals surface area contributed by atoms with Crippen LogP contribution in [-0.2, 0) is 9.53 Å². The first-order chi connectivity index (χ1) is 9.24. The van der Waals surface area contributed by atoms with E-state index in [1.165, 1.54) is 0 Å². The number of amides is 1. The van der Waals surface area contributed by atoms with Crippen molar-refractivity contribution < 1.29 is 19.4 Å². The topological polar surface area (TPSA) is 66.8 Å². The Kier molecular flexibility index (Phi) is 4.25. The van der Waals surface area contributed by atoms with Crippen LogP contribution in [0.2, 0.25) is 0 Å². The van der Waals surface area contributed by atoms with Crippen LogP contribution in [-0.4, -0.2) is 40.8 Å². The lowest BCUT2D eigenvalue weighted by Crippen LogP contribution is -2.35. The molecule has 1 saturated carbocycles. The monoisotopic (exact) mass is 283 g/mol. The molecule has 3 atom stereocenters. The second-order valence-electron chi connectivity index (χ2n) is 7.18. The van der Waals surface area contributed by atoms with E-state index >= 15 is 0 Å². The van der Waals surface area contributed by atoms with Gasteiger partial charge in [-0.05, 0) is 57.8 Å². The van der Waals surface area contributed by atoms with Crippen LogP contribution >= 0.6 is 0 Å². The van der Waals surface area contributed by atoms with Crippen molar-refractivity contribution in [3.8, 4) is 0 Å². The van der Waals surface area contributed by atoms with Crippen LogP contribution in [0.15, 0.2) is 0 Å². The normalized spacial score (nSPS) is 29.9. The van der Waals surface area contributed by atoms with Crippen molar-refractivity contribution >= 4 is 12.1 Å². The molecule has 114 valence electrons. The van der Waals surface area contributed by atoms with Gasteiger partial charge in [-0.1, -0.05) is 0 Å². The first-order valence-corrected chi connectivity index (χ1v) is 7.44. The van der Waals surface area contributed by atoms with Gasteiger partial charge in [0.2, 0.25) is 0 Å². The lowest BCUT2D eigenvalue weighted by molar-refractivity contribution is -0.138. The molecule has 5 heteroatoms. The summed E-state index contributed by atoms with van der Waals surface area (Å²) in [5.74, 6) is 0.524. The summed E-state index contributed by atoms with van der Waals surface area (Å²) in [6.07, 6.45) is 2.95. The Morgan fingerprint density at radius 3 is 2.45 bits per heavy atom. The van der Waals surface area contributed by atoms with E-state index in [-0.39, 0.29) is 18.4 Å². The average molecular weight is 283 g/mol. The number of carboxylic acids is 1. The summed E-state index contributed by atoms with van der Waals surface area (Å²) in [4.78, 5) is 24.7. The van der Waals surface area contributed by atoms with Crippen LogP contribution in [0.3, 0.4) is 0 Å². The fourth-order valence-corrected chi connectivity index (χ4v) is 3.44. The number of nitrogens with zero attached hydrogens (tertiary/aromatic N) is 1. The van der Waals surface area contributed by atoms with Crippen LogP contribution in [0.4, 0.5) is 4.79 Å². The fourth-order valence-electron chi connectivity index (χ4n) is 3.44. The number of rotatable bonds is 2. The van der Waals surface area contributed by atoms with Gasteiger partial charge in [0.05, 0.1) is 0 Å². The molecule has 1 heterocycles. The molecule has 1 aliphatic heterocycles. The summed E-state index contributed by atoms with van der Waals surface area (Å²) in [5.41, 5.74) is -0.462. The molecule has 2 fully saturated rings. The average Bonchev–Trinajstić information content (AvgIpc) is 2.68. The van der Waals surface area contributed by atoms with Gasteiger partial charge in [0, 0.05) is 19.5 Å². The minimum absolute atomic E-state index is 0.235. The summed E-state index contributed by atoms with van der Waals surface area (Å²) < 4.78 is 5.41. The maximum Gasteiger partial charge on any atom is 0.410 e. The standard InChI is InChI=1S/C15H25NO4/c1-15(2,3)20-14(19)16-8-11-5-4-10(7-13(17)18)6-12(11)9-16/h10-12H,4-9H2,1-3H3,(H,17,18). The SMILES string of the molecule is CC(C)(C)OC(=O)N1CC2CCC(CC(=O)O)CC2C1. The van der Waals surface area contributed by atoms with E-state index in [4.69, 9.17) is 9.84 Å². The third-order valence-corrected chi connectivity index (χ3v) is 4.27. The Bertz CT molecular complexity index is 388. The third-order valence-electron chi connectivity index (χ3n) is 4.27. The van der Waals surface area contributed by atoms with E-state index in [2.05, 4.69) is 0 Å². The smallest absolute Gasteiger partial charge is 0.410 e. The molecule has 0 bridgehead atoms. The fraction of sp³-hybridized carbons (Fsp3) is 0.867. The maximum atomic E-state index is 12.1. The van der Waals surface area contributed by atoms with Gasteiger partial charge in [0.15, 0.2) is 0 Å². The quantitative estimate of drug-likeness (QED) is 0.846. The summed E-state index contributed by atoms with van der Waals surface area (Å²) in [6.45, 7) is 7.10. The number of hydrogen-bond donors (Lipinski definition) is 1. The van der Waals surface area contributed by atoms with Gasteiger partial charge in [-0.2, -0.15) is 0 Å². The van der Waals surface area contributed by atoms with Gasteiger partial charge in [-0.15, -0.1) is 0 Å². The van der Waals surface area contributed by atoms with Crippen LogP contribution in [0.25, 0.3) is 0 Å². The number of likely N-dealkylation sites (tertiary alicyclic amines) is 1. The summed E-state index contributed by atoms with van der Waals surface area (Å²) in [5, 5.41) is 8.89. The van der Waals surface area contributed by atoms with Crippen LogP contribution in [0, 0.1) is 17.8 Å². The highest BCUT2D eigenvalue weighted by Gasteiger charge is 2.40. The minimum Gasteiger partial charge on any atom is -0.481 e. The van der Waals surface area contributed by atoms with Crippen LogP contribution < -0.4 is 0 Å². The Morgan fingerprint density at radius 1 is 1.20 bits per heavy atom. The van der Waals surface area contributed by atoms with Crippen LogP contribution in [0.1, 0.15) is 46.5 Å². The van der Waals surface area contributed by atoms with E-state index < -0.39 is 11.6 Å². The molecule has 20 heavy (non-hydrogen) atoms. The molecular weight excluding hydrogens is 258 g/mol. The Labute approximate surface area is 120 Å². The van der Waals surface area contributed by atoms with Crippen molar-refractivity contribution in [2.24, 2.45) is 17.8 Å². The zero-order chi connectivity index (χ0) is 14.9.